The Balaban J connectivity index is 1.71. The van der Waals surface area contributed by atoms with Crippen LogP contribution in [-0.2, 0) is 14.9 Å². The number of nitro groups is 1. The minimum absolute atomic E-state index is 0.00359. The lowest BCUT2D eigenvalue weighted by molar-refractivity contribution is -0.384. The SMILES string of the molecule is CCOc1ccc(NC(=O)C2(c3ccc([N+](=O)[O-])cc3)CCOCC2)c2ccccc12. The number of nitrogens with zero attached hydrogens (tertiary/aromatic N) is 1. The van der Waals surface area contributed by atoms with E-state index < -0.39 is 10.3 Å². The van der Waals surface area contributed by atoms with Gasteiger partial charge in [0.25, 0.3) is 5.69 Å². The number of nitrogens with one attached hydrogen (secondary N) is 1. The van der Waals surface area contributed by atoms with Gasteiger partial charge < -0.3 is 14.8 Å². The third-order valence-electron chi connectivity index (χ3n) is 5.84. The summed E-state index contributed by atoms with van der Waals surface area (Å²) in [6.45, 7) is 3.39. The summed E-state index contributed by atoms with van der Waals surface area (Å²) in [6, 6.07) is 17.8. The van der Waals surface area contributed by atoms with E-state index >= 15 is 0 Å². The largest absolute Gasteiger partial charge is 0.493 e. The number of non-ortho nitro benzene ring substituents is 1. The van der Waals surface area contributed by atoms with Crippen LogP contribution < -0.4 is 10.1 Å². The van der Waals surface area contributed by atoms with E-state index in [1.807, 2.05) is 43.3 Å². The van der Waals surface area contributed by atoms with Gasteiger partial charge in [-0.15, -0.1) is 0 Å². The van der Waals surface area contributed by atoms with Gasteiger partial charge in [0, 0.05) is 41.8 Å². The molecule has 0 spiro atoms. The molecule has 1 heterocycles. The zero-order valence-corrected chi connectivity index (χ0v) is 17.3. The molecule has 0 unspecified atom stereocenters. The smallest absolute Gasteiger partial charge is 0.269 e. The molecule has 1 amide bonds. The highest BCUT2D eigenvalue weighted by Gasteiger charge is 2.42. The molecule has 0 bridgehead atoms. The van der Waals surface area contributed by atoms with Crippen LogP contribution in [0.4, 0.5) is 11.4 Å². The maximum atomic E-state index is 13.6. The number of carbonyl (C=O) groups excluding carboxylic acids is 1. The minimum Gasteiger partial charge on any atom is -0.493 e. The molecule has 3 aromatic carbocycles. The predicted octanol–water partition coefficient (Wildman–Crippen LogP) is 4.83. The first-order valence-corrected chi connectivity index (χ1v) is 10.3. The van der Waals surface area contributed by atoms with Gasteiger partial charge in [-0.05, 0) is 37.5 Å². The molecule has 0 atom stereocenters. The minimum atomic E-state index is -0.812. The number of hydrogen-bond donors (Lipinski definition) is 1. The lowest BCUT2D eigenvalue weighted by Gasteiger charge is -2.36. The number of carbonyl (C=O) groups is 1. The second kappa shape index (κ2) is 8.73. The Morgan fingerprint density at radius 1 is 1.06 bits per heavy atom. The number of benzene rings is 3. The summed E-state index contributed by atoms with van der Waals surface area (Å²) < 4.78 is 11.2. The van der Waals surface area contributed by atoms with Crippen LogP contribution in [-0.4, -0.2) is 30.7 Å². The van der Waals surface area contributed by atoms with E-state index in [0.29, 0.717) is 38.3 Å². The first-order chi connectivity index (χ1) is 15.0. The van der Waals surface area contributed by atoms with Crippen molar-refractivity contribution < 1.29 is 19.2 Å². The van der Waals surface area contributed by atoms with E-state index in [9.17, 15) is 14.9 Å². The van der Waals surface area contributed by atoms with Crippen molar-refractivity contribution in [3.8, 4) is 5.75 Å². The van der Waals surface area contributed by atoms with Gasteiger partial charge in [0.15, 0.2) is 0 Å². The Hall–Kier alpha value is -3.45. The molecule has 1 aliphatic rings. The Morgan fingerprint density at radius 3 is 2.39 bits per heavy atom. The maximum Gasteiger partial charge on any atom is 0.269 e. The third kappa shape index (κ3) is 3.96. The van der Waals surface area contributed by atoms with Crippen LogP contribution in [0.25, 0.3) is 10.8 Å². The first-order valence-electron chi connectivity index (χ1n) is 10.3. The Kier molecular flexibility index (Phi) is 5.86. The highest BCUT2D eigenvalue weighted by Crippen LogP contribution is 2.38. The summed E-state index contributed by atoms with van der Waals surface area (Å²) in [6.07, 6.45) is 1.01. The summed E-state index contributed by atoms with van der Waals surface area (Å²) in [5.74, 6) is 0.631. The van der Waals surface area contributed by atoms with Crippen LogP contribution in [0.1, 0.15) is 25.3 Å². The quantitative estimate of drug-likeness (QED) is 0.455. The number of fused-ring (bicyclic) bond motifs is 1. The van der Waals surface area contributed by atoms with Crippen molar-refractivity contribution >= 4 is 28.1 Å². The van der Waals surface area contributed by atoms with Crippen LogP contribution in [0, 0.1) is 10.1 Å². The molecule has 1 aliphatic heterocycles. The molecule has 0 saturated carbocycles. The molecule has 7 heteroatoms. The number of anilines is 1. The number of rotatable bonds is 6. The summed E-state index contributed by atoms with van der Waals surface area (Å²) in [7, 11) is 0. The molecule has 1 saturated heterocycles. The molecular formula is C24H24N2O5. The monoisotopic (exact) mass is 420 g/mol. The van der Waals surface area contributed by atoms with E-state index in [1.165, 1.54) is 12.1 Å². The molecule has 3 aromatic rings. The van der Waals surface area contributed by atoms with Gasteiger partial charge in [0.05, 0.1) is 16.9 Å². The van der Waals surface area contributed by atoms with E-state index in [1.54, 1.807) is 12.1 Å². The topological polar surface area (TPSA) is 90.7 Å². The average molecular weight is 420 g/mol. The molecule has 0 aliphatic carbocycles. The average Bonchev–Trinajstić information content (AvgIpc) is 2.81. The Labute approximate surface area is 180 Å². The molecule has 1 fully saturated rings. The zero-order valence-electron chi connectivity index (χ0n) is 17.3. The van der Waals surface area contributed by atoms with E-state index in [-0.39, 0.29) is 11.6 Å². The van der Waals surface area contributed by atoms with Crippen LogP contribution in [0.5, 0.6) is 5.75 Å². The maximum absolute atomic E-state index is 13.6. The standard InChI is InChI=1S/C24H24N2O5/c1-2-31-22-12-11-21(19-5-3-4-6-20(19)22)25-23(27)24(13-15-30-16-14-24)17-7-9-18(10-8-17)26(28)29/h3-12H,2,13-16H2,1H3,(H,25,27). The summed E-state index contributed by atoms with van der Waals surface area (Å²) in [5, 5.41) is 16.0. The summed E-state index contributed by atoms with van der Waals surface area (Å²) >= 11 is 0. The molecule has 0 radical (unpaired) electrons. The van der Waals surface area contributed by atoms with Gasteiger partial charge in [0.1, 0.15) is 5.75 Å². The number of nitro benzene ring substituents is 1. The summed E-state index contributed by atoms with van der Waals surface area (Å²) in [4.78, 5) is 24.2. The Morgan fingerprint density at radius 2 is 1.74 bits per heavy atom. The number of amides is 1. The fraction of sp³-hybridized carbons (Fsp3) is 0.292. The third-order valence-corrected chi connectivity index (χ3v) is 5.84. The van der Waals surface area contributed by atoms with Crippen molar-refractivity contribution in [3.05, 3.63) is 76.3 Å². The van der Waals surface area contributed by atoms with Crippen molar-refractivity contribution in [2.75, 3.05) is 25.1 Å². The van der Waals surface area contributed by atoms with Gasteiger partial charge in [-0.2, -0.15) is 0 Å². The predicted molar refractivity (Wildman–Crippen MR) is 119 cm³/mol. The van der Waals surface area contributed by atoms with Crippen molar-refractivity contribution in [1.82, 2.24) is 0 Å². The number of ether oxygens (including phenoxy) is 2. The highest BCUT2D eigenvalue weighted by atomic mass is 16.6. The molecule has 1 N–H and O–H groups in total. The molecule has 160 valence electrons. The molecular weight excluding hydrogens is 396 g/mol. The van der Waals surface area contributed by atoms with Crippen LogP contribution in [0.2, 0.25) is 0 Å². The van der Waals surface area contributed by atoms with Crippen molar-refractivity contribution in [2.45, 2.75) is 25.2 Å². The highest BCUT2D eigenvalue weighted by molar-refractivity contribution is 6.07. The lowest BCUT2D eigenvalue weighted by Crippen LogP contribution is -2.44. The molecule has 4 rings (SSSR count). The van der Waals surface area contributed by atoms with E-state index in [2.05, 4.69) is 5.32 Å². The second-order valence-corrected chi connectivity index (χ2v) is 7.54. The van der Waals surface area contributed by atoms with Crippen LogP contribution in [0.3, 0.4) is 0 Å². The molecule has 31 heavy (non-hydrogen) atoms. The fourth-order valence-corrected chi connectivity index (χ4v) is 4.17. The van der Waals surface area contributed by atoms with E-state index in [4.69, 9.17) is 9.47 Å². The normalized spacial score (nSPS) is 15.4. The summed E-state index contributed by atoms with van der Waals surface area (Å²) in [5.41, 5.74) is 0.655. The van der Waals surface area contributed by atoms with Crippen molar-refractivity contribution in [3.63, 3.8) is 0 Å². The zero-order chi connectivity index (χ0) is 21.8. The van der Waals surface area contributed by atoms with Crippen LogP contribution >= 0.6 is 0 Å². The molecule has 0 aromatic heterocycles. The van der Waals surface area contributed by atoms with Gasteiger partial charge in [-0.3, -0.25) is 14.9 Å². The van der Waals surface area contributed by atoms with Gasteiger partial charge >= 0.3 is 0 Å². The van der Waals surface area contributed by atoms with Crippen LogP contribution in [0.15, 0.2) is 60.7 Å². The van der Waals surface area contributed by atoms with Crippen molar-refractivity contribution in [2.24, 2.45) is 0 Å². The van der Waals surface area contributed by atoms with E-state index in [0.717, 1.165) is 22.1 Å². The lowest BCUT2D eigenvalue weighted by atomic mass is 9.73. The van der Waals surface area contributed by atoms with Gasteiger partial charge in [-0.1, -0.05) is 36.4 Å². The molecule has 7 nitrogen and oxygen atoms in total. The van der Waals surface area contributed by atoms with Crippen molar-refractivity contribution in [1.29, 1.82) is 0 Å². The fourth-order valence-electron chi connectivity index (χ4n) is 4.17. The second-order valence-electron chi connectivity index (χ2n) is 7.54. The Bertz CT molecular complexity index is 1100. The van der Waals surface area contributed by atoms with Gasteiger partial charge in [0.2, 0.25) is 5.91 Å². The van der Waals surface area contributed by atoms with Gasteiger partial charge in [-0.25, -0.2) is 0 Å². The first kappa shape index (κ1) is 20.8. The number of hydrogen-bond acceptors (Lipinski definition) is 5.